The molecule has 0 saturated carbocycles. The summed E-state index contributed by atoms with van der Waals surface area (Å²) in [7, 11) is 2.05. The van der Waals surface area contributed by atoms with Crippen LogP contribution in [-0.4, -0.2) is 33.7 Å². The van der Waals surface area contributed by atoms with Crippen molar-refractivity contribution in [3.05, 3.63) is 58.0 Å². The number of nitrogens with zero attached hydrogens (tertiary/aromatic N) is 4. The van der Waals surface area contributed by atoms with Gasteiger partial charge in [0.05, 0.1) is 16.4 Å². The molecule has 5 nitrogen and oxygen atoms in total. The smallest absolute Gasteiger partial charge is 0.179 e. The number of aliphatic imine (C=N–C) groups is 1. The lowest BCUT2D eigenvalue weighted by atomic mass is 10.2. The number of fused-ring (bicyclic) bond motifs is 1. The fraction of sp³-hybridized carbons (Fsp3) is 0.300. The number of likely N-dealkylation sites (tertiary alicyclic amines) is 1. The zero-order valence-corrected chi connectivity index (χ0v) is 16.8. The first-order valence-corrected chi connectivity index (χ1v) is 9.61. The molecule has 3 aromatic rings. The zero-order chi connectivity index (χ0) is 19.0. The maximum absolute atomic E-state index is 6.62. The molecule has 0 aliphatic carbocycles. The largest absolute Gasteiger partial charge is 0.485 e. The normalized spacial score (nSPS) is 15.9. The van der Waals surface area contributed by atoms with Crippen LogP contribution in [0.4, 0.5) is 5.69 Å². The third-order valence-electron chi connectivity index (χ3n) is 4.69. The third-order valence-corrected chi connectivity index (χ3v) is 5.46. The average Bonchev–Trinajstić information content (AvgIpc) is 3.22. The van der Waals surface area contributed by atoms with E-state index >= 15 is 0 Å². The minimum absolute atomic E-state index is 0.248. The molecule has 1 aliphatic heterocycles. The second kappa shape index (κ2) is 7.41. The van der Waals surface area contributed by atoms with Crippen LogP contribution < -0.4 is 4.74 Å². The fourth-order valence-electron chi connectivity index (χ4n) is 3.25. The number of ether oxygens (including phenoxy) is 1. The number of rotatable bonds is 4. The summed E-state index contributed by atoms with van der Waals surface area (Å²) in [5.41, 5.74) is 3.15. The van der Waals surface area contributed by atoms with Crippen molar-refractivity contribution in [1.29, 1.82) is 0 Å². The minimum atomic E-state index is 0.248. The maximum Gasteiger partial charge on any atom is 0.179 e. The number of hydrogen-bond acceptors (Lipinski definition) is 3. The molecule has 0 N–H and O–H groups in total. The van der Waals surface area contributed by atoms with E-state index in [0.29, 0.717) is 15.8 Å². The highest BCUT2D eigenvalue weighted by molar-refractivity contribution is 6.37. The molecule has 0 atom stereocenters. The van der Waals surface area contributed by atoms with Gasteiger partial charge in [-0.25, -0.2) is 9.98 Å². The number of amidine groups is 1. The molecule has 1 fully saturated rings. The molecule has 2 aromatic heterocycles. The molecule has 0 spiro atoms. The van der Waals surface area contributed by atoms with Crippen molar-refractivity contribution in [1.82, 2.24) is 14.3 Å². The molecular formula is C20H20Cl2N4O. The van der Waals surface area contributed by atoms with Crippen molar-refractivity contribution in [3.63, 3.8) is 0 Å². The Labute approximate surface area is 168 Å². The third kappa shape index (κ3) is 3.62. The molecule has 0 unspecified atom stereocenters. The van der Waals surface area contributed by atoms with Crippen molar-refractivity contribution in [3.8, 4) is 5.75 Å². The fourth-order valence-corrected chi connectivity index (χ4v) is 3.77. The van der Waals surface area contributed by atoms with Crippen molar-refractivity contribution in [2.24, 2.45) is 4.99 Å². The molecule has 0 bridgehead atoms. The second-order valence-electron chi connectivity index (χ2n) is 6.69. The van der Waals surface area contributed by atoms with E-state index in [1.807, 2.05) is 55.0 Å². The zero-order valence-electron chi connectivity index (χ0n) is 15.2. The van der Waals surface area contributed by atoms with Gasteiger partial charge in [0.2, 0.25) is 0 Å². The maximum atomic E-state index is 6.62. The number of aromatic nitrogens is 2. The summed E-state index contributed by atoms with van der Waals surface area (Å²) in [5, 5.41) is 1.09. The van der Waals surface area contributed by atoms with E-state index in [1.165, 1.54) is 0 Å². The Kier molecular flexibility index (Phi) is 4.98. The Morgan fingerprint density at radius 1 is 1.26 bits per heavy atom. The summed E-state index contributed by atoms with van der Waals surface area (Å²) in [6.45, 7) is 3.22. The second-order valence-corrected chi connectivity index (χ2v) is 7.47. The summed E-state index contributed by atoms with van der Waals surface area (Å²) < 4.78 is 7.95. The summed E-state index contributed by atoms with van der Waals surface area (Å²) >= 11 is 13.0. The van der Waals surface area contributed by atoms with E-state index in [9.17, 15) is 0 Å². The number of pyridine rings is 1. The topological polar surface area (TPSA) is 42.1 Å². The highest BCUT2D eigenvalue weighted by Gasteiger charge is 2.17. The highest BCUT2D eigenvalue weighted by Crippen LogP contribution is 2.35. The lowest BCUT2D eigenvalue weighted by Crippen LogP contribution is -2.18. The van der Waals surface area contributed by atoms with Crippen LogP contribution in [0.25, 0.3) is 5.65 Å². The van der Waals surface area contributed by atoms with E-state index in [2.05, 4.69) is 9.88 Å². The molecule has 7 heteroatoms. The Morgan fingerprint density at radius 2 is 2.11 bits per heavy atom. The van der Waals surface area contributed by atoms with Gasteiger partial charge in [0, 0.05) is 43.0 Å². The van der Waals surface area contributed by atoms with E-state index in [-0.39, 0.29) is 6.61 Å². The molecule has 27 heavy (non-hydrogen) atoms. The van der Waals surface area contributed by atoms with Gasteiger partial charge in [-0.15, -0.1) is 0 Å². The van der Waals surface area contributed by atoms with Gasteiger partial charge in [0.15, 0.2) is 11.4 Å². The summed E-state index contributed by atoms with van der Waals surface area (Å²) in [5.74, 6) is 1.73. The molecular weight excluding hydrogens is 383 g/mol. The SMILES string of the molecule is Cc1cn2cccc(OCc3c(Cl)ccc(N=C4CCCN4C)c3Cl)c2n1. The molecule has 4 rings (SSSR count). The van der Waals surface area contributed by atoms with Crippen LogP contribution in [-0.2, 0) is 6.61 Å². The summed E-state index contributed by atoms with van der Waals surface area (Å²) in [6.07, 6.45) is 5.97. The van der Waals surface area contributed by atoms with Gasteiger partial charge < -0.3 is 14.0 Å². The Hall–Kier alpha value is -2.24. The predicted octanol–water partition coefficient (Wildman–Crippen LogP) is 5.28. The monoisotopic (exact) mass is 402 g/mol. The molecule has 1 aromatic carbocycles. The van der Waals surface area contributed by atoms with Crippen LogP contribution in [0.5, 0.6) is 5.75 Å². The Bertz CT molecular complexity index is 1030. The van der Waals surface area contributed by atoms with Crippen LogP contribution in [0.1, 0.15) is 24.1 Å². The standard InChI is InChI=1S/C20H20Cl2N4O/c1-13-11-26-10-3-5-17(20(26)23-13)27-12-14-15(21)7-8-16(19(14)22)24-18-6-4-9-25(18)2/h3,5,7-8,10-11H,4,6,9,12H2,1-2H3. The molecule has 0 radical (unpaired) electrons. The van der Waals surface area contributed by atoms with Crippen LogP contribution in [0.2, 0.25) is 10.0 Å². The number of halogens is 2. The van der Waals surface area contributed by atoms with Crippen LogP contribution in [0.15, 0.2) is 41.7 Å². The van der Waals surface area contributed by atoms with E-state index in [4.69, 9.17) is 32.9 Å². The summed E-state index contributed by atoms with van der Waals surface area (Å²) in [4.78, 5) is 11.4. The molecule has 1 aliphatic rings. The number of aryl methyl sites for hydroxylation is 1. The first-order valence-electron chi connectivity index (χ1n) is 8.85. The lowest BCUT2D eigenvalue weighted by Gasteiger charge is -2.14. The Morgan fingerprint density at radius 3 is 2.89 bits per heavy atom. The minimum Gasteiger partial charge on any atom is -0.485 e. The first kappa shape index (κ1) is 18.1. The van der Waals surface area contributed by atoms with Gasteiger partial charge in [-0.3, -0.25) is 0 Å². The van der Waals surface area contributed by atoms with E-state index < -0.39 is 0 Å². The quantitative estimate of drug-likeness (QED) is 0.595. The van der Waals surface area contributed by atoms with Gasteiger partial charge in [0.25, 0.3) is 0 Å². The predicted molar refractivity (Wildman–Crippen MR) is 110 cm³/mol. The van der Waals surface area contributed by atoms with Gasteiger partial charge in [-0.1, -0.05) is 23.2 Å². The van der Waals surface area contributed by atoms with Crippen LogP contribution in [0.3, 0.4) is 0 Å². The lowest BCUT2D eigenvalue weighted by molar-refractivity contribution is 0.308. The Balaban J connectivity index is 1.62. The molecule has 3 heterocycles. The number of benzene rings is 1. The number of hydrogen-bond donors (Lipinski definition) is 0. The first-order chi connectivity index (χ1) is 13.0. The van der Waals surface area contributed by atoms with Crippen molar-refractivity contribution in [2.45, 2.75) is 26.4 Å². The van der Waals surface area contributed by atoms with Gasteiger partial charge in [-0.05, 0) is 37.6 Å². The van der Waals surface area contributed by atoms with Gasteiger partial charge in [0.1, 0.15) is 12.4 Å². The average molecular weight is 403 g/mol. The molecule has 1 saturated heterocycles. The van der Waals surface area contributed by atoms with Crippen LogP contribution in [0, 0.1) is 6.92 Å². The van der Waals surface area contributed by atoms with Crippen molar-refractivity contribution < 1.29 is 4.74 Å². The van der Waals surface area contributed by atoms with Crippen molar-refractivity contribution in [2.75, 3.05) is 13.6 Å². The van der Waals surface area contributed by atoms with Gasteiger partial charge >= 0.3 is 0 Å². The van der Waals surface area contributed by atoms with Gasteiger partial charge in [-0.2, -0.15) is 0 Å². The summed E-state index contributed by atoms with van der Waals surface area (Å²) in [6, 6.07) is 7.48. The van der Waals surface area contributed by atoms with Crippen molar-refractivity contribution >= 4 is 40.4 Å². The van der Waals surface area contributed by atoms with Crippen LogP contribution >= 0.6 is 23.2 Å². The van der Waals surface area contributed by atoms with E-state index in [1.54, 1.807) is 0 Å². The molecule has 0 amide bonds. The van der Waals surface area contributed by atoms with E-state index in [0.717, 1.165) is 47.8 Å². The number of imidazole rings is 1. The molecule has 140 valence electrons. The highest BCUT2D eigenvalue weighted by atomic mass is 35.5.